The highest BCUT2D eigenvalue weighted by atomic mass is 16.6. The molecule has 1 saturated heterocycles. The Labute approximate surface area is 165 Å². The monoisotopic (exact) mass is 395 g/mol. The zero-order valence-corrected chi connectivity index (χ0v) is 15.3. The number of nitrogens with zero attached hydrogens (tertiary/aromatic N) is 2. The lowest BCUT2D eigenvalue weighted by atomic mass is 10.1. The number of nitro groups is 1. The van der Waals surface area contributed by atoms with Gasteiger partial charge in [-0.2, -0.15) is 0 Å². The summed E-state index contributed by atoms with van der Waals surface area (Å²) in [5.41, 5.74) is 0.312. The highest BCUT2D eigenvalue weighted by Crippen LogP contribution is 2.31. The van der Waals surface area contributed by atoms with E-state index in [1.165, 1.54) is 24.3 Å². The predicted octanol–water partition coefficient (Wildman–Crippen LogP) is 2.30. The van der Waals surface area contributed by atoms with Crippen molar-refractivity contribution in [3.05, 3.63) is 69.3 Å². The lowest BCUT2D eigenvalue weighted by Crippen LogP contribution is -2.32. The van der Waals surface area contributed by atoms with Gasteiger partial charge < -0.3 is 10.1 Å². The summed E-state index contributed by atoms with van der Waals surface area (Å²) in [6, 6.07) is 9.68. The molecule has 148 valence electrons. The predicted molar refractivity (Wildman–Crippen MR) is 102 cm³/mol. The summed E-state index contributed by atoms with van der Waals surface area (Å²) in [4.78, 5) is 49.1. The summed E-state index contributed by atoms with van der Waals surface area (Å²) >= 11 is 0. The van der Waals surface area contributed by atoms with Gasteiger partial charge in [0.25, 0.3) is 23.4 Å². The van der Waals surface area contributed by atoms with Gasteiger partial charge in [-0.25, -0.2) is 4.90 Å². The largest absolute Gasteiger partial charge is 0.376 e. The molecule has 9 heteroatoms. The fourth-order valence-corrected chi connectivity index (χ4v) is 3.48. The van der Waals surface area contributed by atoms with Crippen molar-refractivity contribution in [1.29, 1.82) is 0 Å². The maximum absolute atomic E-state index is 12.7. The van der Waals surface area contributed by atoms with E-state index in [0.29, 0.717) is 18.7 Å². The third kappa shape index (κ3) is 3.47. The molecule has 0 bridgehead atoms. The molecule has 0 aromatic heterocycles. The summed E-state index contributed by atoms with van der Waals surface area (Å²) in [5.74, 6) is -1.59. The lowest BCUT2D eigenvalue weighted by molar-refractivity contribution is -0.384. The number of nitro benzene ring substituents is 1. The van der Waals surface area contributed by atoms with Crippen LogP contribution in [0, 0.1) is 10.1 Å². The molecule has 2 aromatic carbocycles. The molecule has 0 spiro atoms. The number of carbonyl (C=O) groups is 3. The SMILES string of the molecule is O=C(NC[C@@H]1CCCO1)c1cccc(N2C(=O)c3ccc([N+](=O)[O-])cc3C2=O)c1. The van der Waals surface area contributed by atoms with Crippen LogP contribution in [0.4, 0.5) is 11.4 Å². The molecule has 9 nitrogen and oxygen atoms in total. The Bertz CT molecular complexity index is 1030. The van der Waals surface area contributed by atoms with E-state index in [1.54, 1.807) is 12.1 Å². The zero-order valence-electron chi connectivity index (χ0n) is 15.3. The first-order valence-corrected chi connectivity index (χ1v) is 9.13. The molecule has 1 atom stereocenters. The van der Waals surface area contributed by atoms with Crippen molar-refractivity contribution < 1.29 is 24.0 Å². The molecule has 0 radical (unpaired) electrons. The van der Waals surface area contributed by atoms with Crippen molar-refractivity contribution in [2.24, 2.45) is 0 Å². The Morgan fingerprint density at radius 1 is 1.17 bits per heavy atom. The van der Waals surface area contributed by atoms with Crippen molar-refractivity contribution in [2.45, 2.75) is 18.9 Å². The van der Waals surface area contributed by atoms with Crippen molar-refractivity contribution in [1.82, 2.24) is 5.32 Å². The molecule has 2 aromatic rings. The first-order valence-electron chi connectivity index (χ1n) is 9.13. The Balaban J connectivity index is 1.56. The number of non-ortho nitro benzene ring substituents is 1. The van der Waals surface area contributed by atoms with Gasteiger partial charge in [0.2, 0.25) is 0 Å². The number of fused-ring (bicyclic) bond motifs is 1. The fraction of sp³-hybridized carbons (Fsp3) is 0.250. The number of amides is 3. The maximum atomic E-state index is 12.7. The number of hydrogen-bond acceptors (Lipinski definition) is 6. The average molecular weight is 395 g/mol. The van der Waals surface area contributed by atoms with Crippen LogP contribution < -0.4 is 10.2 Å². The van der Waals surface area contributed by atoms with Crippen molar-refractivity contribution in [3.63, 3.8) is 0 Å². The van der Waals surface area contributed by atoms with Crippen molar-refractivity contribution in [2.75, 3.05) is 18.1 Å². The lowest BCUT2D eigenvalue weighted by Gasteiger charge is -2.15. The standard InChI is InChI=1S/C20H17N3O6/c24-18(21-11-15-5-2-8-29-15)12-3-1-4-13(9-12)22-19(25)16-7-6-14(23(27)28)10-17(16)20(22)26/h1,3-4,6-7,9-10,15H,2,5,8,11H2,(H,21,24)/t15-/m0/s1. The van der Waals surface area contributed by atoms with Gasteiger partial charge in [-0.15, -0.1) is 0 Å². The molecule has 3 amide bonds. The van der Waals surface area contributed by atoms with Crippen molar-refractivity contribution >= 4 is 29.1 Å². The Morgan fingerprint density at radius 2 is 1.97 bits per heavy atom. The number of imide groups is 1. The molecule has 2 aliphatic rings. The number of rotatable bonds is 5. The topological polar surface area (TPSA) is 119 Å². The first kappa shape index (κ1) is 18.8. The van der Waals surface area contributed by atoms with Crippen LogP contribution in [0.3, 0.4) is 0 Å². The summed E-state index contributed by atoms with van der Waals surface area (Å²) in [6.45, 7) is 1.08. The van der Waals surface area contributed by atoms with Crippen LogP contribution in [0.5, 0.6) is 0 Å². The van der Waals surface area contributed by atoms with E-state index in [9.17, 15) is 24.5 Å². The second-order valence-electron chi connectivity index (χ2n) is 6.83. The van der Waals surface area contributed by atoms with E-state index >= 15 is 0 Å². The number of hydrogen-bond donors (Lipinski definition) is 1. The van der Waals surface area contributed by atoms with Crippen LogP contribution in [0.2, 0.25) is 0 Å². The number of nitrogens with one attached hydrogen (secondary N) is 1. The van der Waals surface area contributed by atoms with E-state index in [4.69, 9.17) is 4.74 Å². The van der Waals surface area contributed by atoms with Gasteiger partial charge in [-0.05, 0) is 37.1 Å². The second kappa shape index (κ2) is 7.44. The number of carbonyl (C=O) groups excluding carboxylic acids is 3. The summed E-state index contributed by atoms with van der Waals surface area (Å²) in [5, 5.41) is 13.8. The highest BCUT2D eigenvalue weighted by molar-refractivity contribution is 6.34. The summed E-state index contributed by atoms with van der Waals surface area (Å²) < 4.78 is 5.47. The van der Waals surface area contributed by atoms with E-state index in [2.05, 4.69) is 5.32 Å². The molecule has 1 fully saturated rings. The molecule has 29 heavy (non-hydrogen) atoms. The Hall–Kier alpha value is -3.59. The van der Waals surface area contributed by atoms with Crippen LogP contribution in [-0.4, -0.2) is 41.9 Å². The van der Waals surface area contributed by atoms with Gasteiger partial charge in [0.05, 0.1) is 27.8 Å². The minimum absolute atomic E-state index is 0.00541. The average Bonchev–Trinajstić information content (AvgIpc) is 3.33. The summed E-state index contributed by atoms with van der Waals surface area (Å²) in [7, 11) is 0. The van der Waals surface area contributed by atoms with Crippen LogP contribution >= 0.6 is 0 Å². The fourth-order valence-electron chi connectivity index (χ4n) is 3.48. The third-order valence-electron chi connectivity index (χ3n) is 4.96. The molecule has 2 aliphatic heterocycles. The van der Waals surface area contributed by atoms with Gasteiger partial charge in [0.1, 0.15) is 0 Å². The van der Waals surface area contributed by atoms with Gasteiger partial charge in [-0.1, -0.05) is 6.07 Å². The van der Waals surface area contributed by atoms with Gasteiger partial charge >= 0.3 is 0 Å². The molecule has 2 heterocycles. The minimum atomic E-state index is -0.661. The van der Waals surface area contributed by atoms with E-state index in [-0.39, 0.29) is 34.5 Å². The van der Waals surface area contributed by atoms with E-state index in [1.807, 2.05) is 0 Å². The normalized spacial score (nSPS) is 18.1. The molecule has 0 unspecified atom stereocenters. The van der Waals surface area contributed by atoms with E-state index < -0.39 is 16.7 Å². The quantitative estimate of drug-likeness (QED) is 0.471. The van der Waals surface area contributed by atoms with Crippen molar-refractivity contribution in [3.8, 4) is 0 Å². The highest BCUT2D eigenvalue weighted by Gasteiger charge is 2.38. The molecular weight excluding hydrogens is 378 g/mol. The first-order chi connectivity index (χ1) is 14.0. The van der Waals surface area contributed by atoms with Crippen LogP contribution in [0.25, 0.3) is 0 Å². The van der Waals surface area contributed by atoms with Crippen LogP contribution in [0.1, 0.15) is 43.9 Å². The molecule has 0 aliphatic carbocycles. The van der Waals surface area contributed by atoms with Gasteiger partial charge in [-0.3, -0.25) is 24.5 Å². The number of benzene rings is 2. The molecule has 4 rings (SSSR count). The molecule has 0 saturated carbocycles. The summed E-state index contributed by atoms with van der Waals surface area (Å²) in [6.07, 6.45) is 1.85. The Morgan fingerprint density at radius 3 is 2.69 bits per heavy atom. The van der Waals surface area contributed by atoms with Crippen LogP contribution in [0.15, 0.2) is 42.5 Å². The third-order valence-corrected chi connectivity index (χ3v) is 4.96. The minimum Gasteiger partial charge on any atom is -0.376 e. The zero-order chi connectivity index (χ0) is 20.5. The van der Waals surface area contributed by atoms with Gasteiger partial charge in [0.15, 0.2) is 0 Å². The van der Waals surface area contributed by atoms with Gasteiger partial charge in [0, 0.05) is 30.8 Å². The molecule has 1 N–H and O–H groups in total. The van der Waals surface area contributed by atoms with E-state index in [0.717, 1.165) is 23.8 Å². The van der Waals surface area contributed by atoms with Crippen LogP contribution in [-0.2, 0) is 4.74 Å². The number of anilines is 1. The smallest absolute Gasteiger partial charge is 0.270 e. The maximum Gasteiger partial charge on any atom is 0.270 e. The molecular formula is C20H17N3O6. The number of ether oxygens (including phenoxy) is 1. The Kier molecular flexibility index (Phi) is 4.81. The second-order valence-corrected chi connectivity index (χ2v) is 6.83.